The molecule has 0 saturated carbocycles. The number of alkyl halides is 3. The number of amides is 1. The Hall–Kier alpha value is -1.57. The first-order chi connectivity index (χ1) is 9.42. The number of hydrogen-bond acceptors (Lipinski definition) is 2. The molecule has 1 aromatic rings. The van der Waals surface area contributed by atoms with Crippen LogP contribution in [0.2, 0.25) is 0 Å². The number of carbonyl (C=O) groups is 2. The molecule has 8 heteroatoms. The molecule has 0 aliphatic rings. The predicted molar refractivity (Wildman–Crippen MR) is 72.9 cm³/mol. The van der Waals surface area contributed by atoms with Gasteiger partial charge >= 0.3 is 12.1 Å². The summed E-state index contributed by atoms with van der Waals surface area (Å²) in [7, 11) is 0. The van der Waals surface area contributed by atoms with Crippen molar-refractivity contribution in [3.05, 3.63) is 33.8 Å². The lowest BCUT2D eigenvalue weighted by molar-refractivity contribution is -0.138. The molecular weight excluding hydrogens is 355 g/mol. The fourth-order valence-electron chi connectivity index (χ4n) is 1.67. The fourth-order valence-corrected chi connectivity index (χ4v) is 2.10. The highest BCUT2D eigenvalue weighted by molar-refractivity contribution is 9.10. The van der Waals surface area contributed by atoms with Gasteiger partial charge in [0, 0.05) is 10.0 Å². The Labute approximate surface area is 127 Å². The fraction of sp³-hybridized carbons (Fsp3) is 0.385. The number of rotatable bonds is 4. The third kappa shape index (κ3) is 5.04. The van der Waals surface area contributed by atoms with Gasteiger partial charge < -0.3 is 10.4 Å². The predicted octanol–water partition coefficient (Wildman–Crippen LogP) is 3.45. The number of hydrogen-bond donors (Lipinski definition) is 2. The van der Waals surface area contributed by atoms with Gasteiger partial charge in [0.2, 0.25) is 0 Å². The average Bonchev–Trinajstić information content (AvgIpc) is 2.24. The Bertz CT molecular complexity index is 570. The average molecular weight is 368 g/mol. The highest BCUT2D eigenvalue weighted by atomic mass is 79.9. The summed E-state index contributed by atoms with van der Waals surface area (Å²) in [6.07, 6.45) is -4.92. The molecule has 0 aliphatic heterocycles. The molecule has 1 rings (SSSR count). The van der Waals surface area contributed by atoms with E-state index in [-0.39, 0.29) is 16.5 Å². The minimum Gasteiger partial charge on any atom is -0.481 e. The number of carboxylic acids is 1. The van der Waals surface area contributed by atoms with Crippen LogP contribution in [0.3, 0.4) is 0 Å². The second kappa shape index (κ2) is 6.05. The number of aliphatic carboxylic acids is 1. The minimum atomic E-state index is -4.56. The molecule has 0 aliphatic carbocycles. The molecule has 0 atom stereocenters. The van der Waals surface area contributed by atoms with Crippen molar-refractivity contribution in [2.45, 2.75) is 32.0 Å². The smallest absolute Gasteiger partial charge is 0.416 e. The highest BCUT2D eigenvalue weighted by Crippen LogP contribution is 2.32. The summed E-state index contributed by atoms with van der Waals surface area (Å²) in [5.74, 6) is -1.90. The Morgan fingerprint density at radius 1 is 1.29 bits per heavy atom. The number of carboxylic acid groups (broad SMARTS) is 1. The molecule has 0 radical (unpaired) electrons. The summed E-state index contributed by atoms with van der Waals surface area (Å²) in [5, 5.41) is 11.1. The van der Waals surface area contributed by atoms with Gasteiger partial charge in [0.1, 0.15) is 0 Å². The van der Waals surface area contributed by atoms with Crippen LogP contribution in [0.4, 0.5) is 13.2 Å². The summed E-state index contributed by atoms with van der Waals surface area (Å²) in [6.45, 7) is 2.95. The molecule has 1 amide bonds. The molecule has 2 N–H and O–H groups in total. The molecule has 116 valence electrons. The van der Waals surface area contributed by atoms with Gasteiger partial charge in [-0.1, -0.05) is 0 Å². The summed E-state index contributed by atoms with van der Waals surface area (Å²) in [6, 6.07) is 2.70. The number of benzene rings is 1. The van der Waals surface area contributed by atoms with E-state index in [0.717, 1.165) is 18.2 Å². The van der Waals surface area contributed by atoms with Crippen molar-refractivity contribution in [2.75, 3.05) is 0 Å². The van der Waals surface area contributed by atoms with Gasteiger partial charge in [-0.3, -0.25) is 9.59 Å². The molecule has 0 bridgehead atoms. The molecule has 0 aromatic heterocycles. The van der Waals surface area contributed by atoms with Crippen LogP contribution in [-0.2, 0) is 11.0 Å². The largest absolute Gasteiger partial charge is 0.481 e. The maximum Gasteiger partial charge on any atom is 0.416 e. The zero-order valence-electron chi connectivity index (χ0n) is 11.2. The molecule has 21 heavy (non-hydrogen) atoms. The van der Waals surface area contributed by atoms with E-state index in [2.05, 4.69) is 21.2 Å². The van der Waals surface area contributed by atoms with Gasteiger partial charge in [-0.25, -0.2) is 0 Å². The van der Waals surface area contributed by atoms with E-state index >= 15 is 0 Å². The van der Waals surface area contributed by atoms with Gasteiger partial charge in [0.25, 0.3) is 5.91 Å². The van der Waals surface area contributed by atoms with Crippen LogP contribution in [0.1, 0.15) is 36.2 Å². The van der Waals surface area contributed by atoms with Crippen molar-refractivity contribution in [2.24, 2.45) is 0 Å². The molecule has 0 saturated heterocycles. The normalized spacial score (nSPS) is 12.1. The van der Waals surface area contributed by atoms with E-state index in [1.807, 2.05) is 0 Å². The monoisotopic (exact) mass is 367 g/mol. The molecule has 0 fully saturated rings. The van der Waals surface area contributed by atoms with Gasteiger partial charge in [-0.15, -0.1) is 0 Å². The number of halogens is 4. The maximum absolute atomic E-state index is 12.6. The van der Waals surface area contributed by atoms with E-state index in [0.29, 0.717) is 0 Å². The second-order valence-corrected chi connectivity index (χ2v) is 5.96. The topological polar surface area (TPSA) is 66.4 Å². The number of carbonyl (C=O) groups excluding carboxylic acids is 1. The summed E-state index contributed by atoms with van der Waals surface area (Å²) >= 11 is 3.01. The lowest BCUT2D eigenvalue weighted by atomic mass is 9.99. The molecular formula is C13H13BrF3NO3. The van der Waals surface area contributed by atoms with Crippen molar-refractivity contribution < 1.29 is 27.9 Å². The second-order valence-electron chi connectivity index (χ2n) is 5.10. The van der Waals surface area contributed by atoms with Gasteiger partial charge in [0.15, 0.2) is 0 Å². The molecule has 4 nitrogen and oxygen atoms in total. The summed E-state index contributed by atoms with van der Waals surface area (Å²) in [4.78, 5) is 22.7. The first-order valence-electron chi connectivity index (χ1n) is 5.83. The standard InChI is InChI=1S/C13H13BrF3NO3/c1-12(2,6-10(19)20)18-11(21)8-5-7(13(15,16)17)3-4-9(8)14/h3-5H,6H2,1-2H3,(H,18,21)(H,19,20). The van der Waals surface area contributed by atoms with Crippen LogP contribution < -0.4 is 5.32 Å². The van der Waals surface area contributed by atoms with Crippen molar-refractivity contribution in [1.82, 2.24) is 5.32 Å². The Kier molecular flexibility index (Phi) is 5.03. The lowest BCUT2D eigenvalue weighted by Crippen LogP contribution is -2.45. The van der Waals surface area contributed by atoms with Crippen molar-refractivity contribution in [3.8, 4) is 0 Å². The molecule has 1 aromatic carbocycles. The Balaban J connectivity index is 3.05. The third-order valence-electron chi connectivity index (χ3n) is 2.58. The van der Waals surface area contributed by atoms with E-state index in [4.69, 9.17) is 5.11 Å². The number of nitrogens with one attached hydrogen (secondary N) is 1. The van der Waals surface area contributed by atoms with Crippen LogP contribution in [0.5, 0.6) is 0 Å². The lowest BCUT2D eigenvalue weighted by Gasteiger charge is -2.24. The quantitative estimate of drug-likeness (QED) is 0.856. The first kappa shape index (κ1) is 17.5. The SMILES string of the molecule is CC(C)(CC(=O)O)NC(=O)c1cc(C(F)(F)F)ccc1Br. The first-order valence-corrected chi connectivity index (χ1v) is 6.63. The van der Waals surface area contributed by atoms with Crippen LogP contribution >= 0.6 is 15.9 Å². The van der Waals surface area contributed by atoms with Crippen molar-refractivity contribution in [3.63, 3.8) is 0 Å². The van der Waals surface area contributed by atoms with Gasteiger partial charge in [0.05, 0.1) is 17.5 Å². The third-order valence-corrected chi connectivity index (χ3v) is 3.27. The highest BCUT2D eigenvalue weighted by Gasteiger charge is 2.32. The summed E-state index contributed by atoms with van der Waals surface area (Å²) < 4.78 is 38.1. The zero-order valence-corrected chi connectivity index (χ0v) is 12.8. The van der Waals surface area contributed by atoms with E-state index in [9.17, 15) is 22.8 Å². The molecule has 0 unspecified atom stereocenters. The van der Waals surface area contributed by atoms with Gasteiger partial charge in [-0.05, 0) is 48.0 Å². The van der Waals surface area contributed by atoms with E-state index in [1.165, 1.54) is 13.8 Å². The minimum absolute atomic E-state index is 0.194. The Morgan fingerprint density at radius 2 is 1.86 bits per heavy atom. The van der Waals surface area contributed by atoms with Crippen molar-refractivity contribution in [1.29, 1.82) is 0 Å². The van der Waals surface area contributed by atoms with Crippen LogP contribution in [-0.4, -0.2) is 22.5 Å². The van der Waals surface area contributed by atoms with Crippen LogP contribution in [0, 0.1) is 0 Å². The molecule has 0 heterocycles. The zero-order chi connectivity index (χ0) is 16.4. The molecule has 0 spiro atoms. The Morgan fingerprint density at radius 3 is 2.33 bits per heavy atom. The van der Waals surface area contributed by atoms with Crippen molar-refractivity contribution >= 4 is 27.8 Å². The van der Waals surface area contributed by atoms with E-state index in [1.54, 1.807) is 0 Å². The van der Waals surface area contributed by atoms with E-state index < -0.39 is 29.2 Å². The van der Waals surface area contributed by atoms with Crippen LogP contribution in [0.25, 0.3) is 0 Å². The maximum atomic E-state index is 12.6. The van der Waals surface area contributed by atoms with Crippen LogP contribution in [0.15, 0.2) is 22.7 Å². The summed E-state index contributed by atoms with van der Waals surface area (Å²) in [5.41, 5.74) is -2.24. The van der Waals surface area contributed by atoms with Gasteiger partial charge in [-0.2, -0.15) is 13.2 Å².